The lowest BCUT2D eigenvalue weighted by Gasteiger charge is -2.40. The molecule has 0 radical (unpaired) electrons. The number of piperazine rings is 1. The van der Waals surface area contributed by atoms with Crippen LogP contribution in [0.2, 0.25) is 5.02 Å². The van der Waals surface area contributed by atoms with E-state index in [0.29, 0.717) is 39.2 Å². The third kappa shape index (κ3) is 4.92. The normalized spacial score (nSPS) is 16.7. The van der Waals surface area contributed by atoms with Gasteiger partial charge < -0.3 is 14.5 Å². The average Bonchev–Trinajstić information content (AvgIpc) is 3.34. The zero-order valence-electron chi connectivity index (χ0n) is 21.8. The maximum atomic E-state index is 14.5. The lowest BCUT2D eigenvalue weighted by molar-refractivity contribution is -0.155. The number of carbonyl (C=O) groups is 2. The summed E-state index contributed by atoms with van der Waals surface area (Å²) in [5.74, 6) is -1.05. The first kappa shape index (κ1) is 26.6. The zero-order valence-corrected chi connectivity index (χ0v) is 22.5. The summed E-state index contributed by atoms with van der Waals surface area (Å²) in [4.78, 5) is 33.0. The highest BCUT2D eigenvalue weighted by molar-refractivity contribution is 6.31. The highest BCUT2D eigenvalue weighted by Crippen LogP contribution is 2.34. The fraction of sp³-hybridized carbons (Fsp3) is 0.286. The lowest BCUT2D eigenvalue weighted by atomic mass is 9.98. The maximum absolute atomic E-state index is 14.5. The van der Waals surface area contributed by atoms with Crippen LogP contribution < -0.4 is 4.74 Å². The Balaban J connectivity index is 1.50. The molecule has 0 aliphatic carbocycles. The topological polar surface area (TPSA) is 80.6 Å². The Hall–Kier alpha value is -4.05. The number of carbonyl (C=O) groups excluding carboxylic acids is 2. The number of likely N-dealkylation sites (N-methyl/N-ethyl adjacent to an activating group) is 1. The molecule has 1 fully saturated rings. The molecule has 3 heterocycles. The fourth-order valence-corrected chi connectivity index (χ4v) is 5.09. The first-order chi connectivity index (χ1) is 18.5. The van der Waals surface area contributed by atoms with Gasteiger partial charge in [-0.2, -0.15) is 5.10 Å². The van der Waals surface area contributed by atoms with Gasteiger partial charge in [0.1, 0.15) is 36.3 Å². The van der Waals surface area contributed by atoms with Crippen molar-refractivity contribution in [3.63, 3.8) is 0 Å². The Morgan fingerprint density at radius 2 is 1.95 bits per heavy atom. The van der Waals surface area contributed by atoms with Crippen LogP contribution in [0.4, 0.5) is 8.78 Å². The summed E-state index contributed by atoms with van der Waals surface area (Å²) in [6.07, 6.45) is 2.40. The number of hydrogen-bond acceptors (Lipinski definition) is 5. The number of benzene rings is 2. The standard InChI is InChI=1S/C28H26ClF2N5O3/c1-15-8-24(36-12-19(31)11-32-36)20-6-5-7-25(27(20)33-15)39-14-22-21(9-18(30)10-23(22)29)16(2)35-13-26(37)34(4)17(3)28(35)38/h5-12,16-17H,13-14H2,1-4H3/t16?,17-/m0/s1. The van der Waals surface area contributed by atoms with Crippen LogP contribution in [0.15, 0.2) is 48.8 Å². The number of ether oxygens (including phenoxy) is 1. The predicted molar refractivity (Wildman–Crippen MR) is 142 cm³/mol. The van der Waals surface area contributed by atoms with Crippen molar-refractivity contribution in [2.45, 2.75) is 39.5 Å². The van der Waals surface area contributed by atoms with Gasteiger partial charge >= 0.3 is 0 Å². The average molecular weight is 554 g/mol. The van der Waals surface area contributed by atoms with Crippen LogP contribution in [0.3, 0.4) is 0 Å². The third-order valence-corrected chi connectivity index (χ3v) is 7.45. The second kappa shape index (κ2) is 10.3. The molecule has 0 N–H and O–H groups in total. The molecule has 4 aromatic rings. The first-order valence-electron chi connectivity index (χ1n) is 12.3. The number of rotatable bonds is 6. The quantitative estimate of drug-likeness (QED) is 0.336. The Bertz CT molecular complexity index is 1610. The summed E-state index contributed by atoms with van der Waals surface area (Å²) < 4.78 is 35.8. The van der Waals surface area contributed by atoms with E-state index in [1.807, 2.05) is 13.0 Å². The van der Waals surface area contributed by atoms with Crippen LogP contribution in [0.1, 0.15) is 36.7 Å². The van der Waals surface area contributed by atoms with E-state index in [1.54, 1.807) is 39.1 Å². The molecule has 1 aliphatic heterocycles. The highest BCUT2D eigenvalue weighted by Gasteiger charge is 2.37. The molecule has 2 aromatic heterocycles. The monoisotopic (exact) mass is 553 g/mol. The number of hydrogen-bond donors (Lipinski definition) is 0. The van der Waals surface area contributed by atoms with Crippen molar-refractivity contribution in [1.29, 1.82) is 0 Å². The predicted octanol–water partition coefficient (Wildman–Crippen LogP) is 4.99. The van der Waals surface area contributed by atoms with Crippen molar-refractivity contribution in [2.24, 2.45) is 0 Å². The van der Waals surface area contributed by atoms with Gasteiger partial charge in [-0.05, 0) is 50.6 Å². The summed E-state index contributed by atoms with van der Waals surface area (Å²) in [6, 6.07) is 8.37. The van der Waals surface area contributed by atoms with E-state index < -0.39 is 23.7 Å². The largest absolute Gasteiger partial charge is 0.487 e. The van der Waals surface area contributed by atoms with Gasteiger partial charge in [0, 0.05) is 23.7 Å². The molecule has 1 unspecified atom stereocenters. The SMILES string of the molecule is Cc1cc(-n2cc(F)cn2)c2cccc(OCc3c(Cl)cc(F)cc3C(C)N3CC(=O)N(C)[C@@H](C)C3=O)c2n1. The van der Waals surface area contributed by atoms with E-state index in [1.165, 1.54) is 32.8 Å². The third-order valence-electron chi connectivity index (χ3n) is 7.11. The number of halogens is 3. The van der Waals surface area contributed by atoms with Crippen LogP contribution in [-0.4, -0.2) is 56.0 Å². The van der Waals surface area contributed by atoms with E-state index in [2.05, 4.69) is 10.1 Å². The van der Waals surface area contributed by atoms with Crippen LogP contribution >= 0.6 is 11.6 Å². The van der Waals surface area contributed by atoms with Crippen molar-refractivity contribution < 1.29 is 23.1 Å². The molecule has 0 saturated carbocycles. The van der Waals surface area contributed by atoms with E-state index in [0.717, 1.165) is 6.20 Å². The molecule has 1 aliphatic rings. The summed E-state index contributed by atoms with van der Waals surface area (Å²) >= 11 is 6.49. The van der Waals surface area contributed by atoms with Gasteiger partial charge in [-0.3, -0.25) is 9.59 Å². The van der Waals surface area contributed by atoms with Gasteiger partial charge in [0.05, 0.1) is 29.1 Å². The molecule has 2 atom stereocenters. The molecule has 8 nitrogen and oxygen atoms in total. The van der Waals surface area contributed by atoms with Crippen LogP contribution in [0.5, 0.6) is 5.75 Å². The minimum Gasteiger partial charge on any atom is -0.487 e. The van der Waals surface area contributed by atoms with Crippen molar-refractivity contribution in [2.75, 3.05) is 13.6 Å². The molecule has 0 bridgehead atoms. The molecule has 0 spiro atoms. The van der Waals surface area contributed by atoms with Crippen LogP contribution in [0.25, 0.3) is 16.6 Å². The van der Waals surface area contributed by atoms with Gasteiger partial charge in [-0.15, -0.1) is 0 Å². The Kier molecular flexibility index (Phi) is 6.98. The summed E-state index contributed by atoms with van der Waals surface area (Å²) in [6.45, 7) is 5.02. The molecular weight excluding hydrogens is 528 g/mol. The van der Waals surface area contributed by atoms with Gasteiger partial charge in [0.25, 0.3) is 0 Å². The molecule has 11 heteroatoms. The Morgan fingerprint density at radius 1 is 1.18 bits per heavy atom. The van der Waals surface area contributed by atoms with E-state index in [9.17, 15) is 18.4 Å². The van der Waals surface area contributed by atoms with Crippen molar-refractivity contribution in [3.05, 3.63) is 82.3 Å². The maximum Gasteiger partial charge on any atom is 0.246 e. The second-order valence-corrected chi connectivity index (χ2v) is 10.0. The van der Waals surface area contributed by atoms with Crippen LogP contribution in [0, 0.1) is 18.6 Å². The van der Waals surface area contributed by atoms with Gasteiger partial charge in [0.2, 0.25) is 11.8 Å². The number of pyridine rings is 1. The molecule has 1 saturated heterocycles. The second-order valence-electron chi connectivity index (χ2n) is 9.60. The van der Waals surface area contributed by atoms with E-state index in [4.69, 9.17) is 16.3 Å². The number of aromatic nitrogens is 3. The summed E-state index contributed by atoms with van der Waals surface area (Å²) in [7, 11) is 1.58. The number of para-hydroxylation sites is 1. The van der Waals surface area contributed by atoms with Gasteiger partial charge in [-0.25, -0.2) is 18.4 Å². The first-order valence-corrected chi connectivity index (χ1v) is 12.7. The fourth-order valence-electron chi connectivity index (χ4n) is 4.82. The van der Waals surface area contributed by atoms with Gasteiger partial charge in [0.15, 0.2) is 5.82 Å². The molecular formula is C28H26ClF2N5O3. The Labute approximate surface area is 228 Å². The van der Waals surface area contributed by atoms with E-state index >= 15 is 0 Å². The van der Waals surface area contributed by atoms with Crippen LogP contribution in [-0.2, 0) is 16.2 Å². The number of fused-ring (bicyclic) bond motifs is 1. The molecule has 202 valence electrons. The minimum absolute atomic E-state index is 0.0509. The highest BCUT2D eigenvalue weighted by atomic mass is 35.5. The summed E-state index contributed by atoms with van der Waals surface area (Å²) in [5, 5.41) is 4.90. The molecule has 2 amide bonds. The minimum atomic E-state index is -0.640. The number of amides is 2. The van der Waals surface area contributed by atoms with E-state index in [-0.39, 0.29) is 30.0 Å². The van der Waals surface area contributed by atoms with Crippen molar-refractivity contribution >= 4 is 34.3 Å². The molecule has 2 aromatic carbocycles. The number of aryl methyl sites for hydroxylation is 1. The Morgan fingerprint density at radius 3 is 2.67 bits per heavy atom. The lowest BCUT2D eigenvalue weighted by Crippen LogP contribution is -2.57. The van der Waals surface area contributed by atoms with Crippen molar-refractivity contribution in [3.8, 4) is 11.4 Å². The zero-order chi connectivity index (χ0) is 28.0. The van der Waals surface area contributed by atoms with Gasteiger partial charge in [-0.1, -0.05) is 23.7 Å². The molecule has 5 rings (SSSR count). The van der Waals surface area contributed by atoms with Crippen molar-refractivity contribution in [1.82, 2.24) is 24.6 Å². The molecule has 39 heavy (non-hydrogen) atoms. The summed E-state index contributed by atoms with van der Waals surface area (Å²) in [5.41, 5.74) is 2.76. The number of nitrogens with zero attached hydrogens (tertiary/aromatic N) is 5. The smallest absolute Gasteiger partial charge is 0.246 e.